The molecule has 4 aromatic rings. The van der Waals surface area contributed by atoms with Gasteiger partial charge in [0.25, 0.3) is 11.9 Å². The number of aromatic hydroxyl groups is 2. The first-order valence-electron chi connectivity index (χ1n) is 20.3. The second-order valence-electron chi connectivity index (χ2n) is 14.3. The molecule has 20 nitrogen and oxygen atoms in total. The molecule has 0 aliphatic carbocycles. The first kappa shape index (κ1) is 47.7. The second-order valence-corrected chi connectivity index (χ2v) is 14.3. The molecule has 0 radical (unpaired) electrons. The highest BCUT2D eigenvalue weighted by atomic mass is 16.5. The van der Waals surface area contributed by atoms with Gasteiger partial charge in [-0.25, -0.2) is 0 Å². The Morgan fingerprint density at radius 3 is 2.32 bits per heavy atom. The molecule has 1 atom stereocenters. The SMILES string of the molecule is CCCCOc1nc(N)c2nc(O)n(Cc3ccc(C(=O)NCCOCCNC(=O)CCCNC(=O)[C@@H](NC(=O)CNC(=O)/C=C/c4ccc(O)c(OC)c4)C(C)C)cc3)c2n1. The standard InChI is InChI=1S/C42H56N10O10/c1-5-6-20-62-41-50-37(43)36-38(51-41)52(42(59)49-36)25-28-9-13-29(14-10-28)39(57)46-19-22-61-21-18-44-32(54)8-7-17-45-40(58)35(26(2)3)48-34(56)24-47-33(55)16-12-27-11-15-30(53)31(23-27)60-4/h9-16,23,26,35,53H,5-8,17-22,24-25H2,1-4H3,(H,44,54)(H,45,58)(H,46,57)(H,47,55)(H,48,56)(H,49,59)(H2,43,50,51)/b16-12+/t35-/m0/s1. The number of aromatic nitrogens is 4. The van der Waals surface area contributed by atoms with Crippen molar-refractivity contribution in [3.8, 4) is 23.5 Å². The van der Waals surface area contributed by atoms with E-state index < -0.39 is 23.8 Å². The van der Waals surface area contributed by atoms with Gasteiger partial charge in [-0.3, -0.25) is 28.5 Å². The lowest BCUT2D eigenvalue weighted by atomic mass is 10.0. The number of nitrogens with zero attached hydrogens (tertiary/aromatic N) is 4. The molecule has 0 spiro atoms. The Morgan fingerprint density at radius 2 is 1.61 bits per heavy atom. The fourth-order valence-corrected chi connectivity index (χ4v) is 5.77. The maximum absolute atomic E-state index is 12.8. The summed E-state index contributed by atoms with van der Waals surface area (Å²) in [6.45, 7) is 7.04. The highest BCUT2D eigenvalue weighted by molar-refractivity contribution is 5.95. The molecule has 62 heavy (non-hydrogen) atoms. The Labute approximate surface area is 359 Å². The minimum atomic E-state index is -0.853. The monoisotopic (exact) mass is 860 g/mol. The van der Waals surface area contributed by atoms with Crippen molar-refractivity contribution < 1.29 is 48.4 Å². The number of ether oxygens (including phenoxy) is 3. The lowest BCUT2D eigenvalue weighted by Crippen LogP contribution is -2.52. The number of fused-ring (bicyclic) bond motifs is 1. The smallest absolute Gasteiger partial charge is 0.320 e. The topological polar surface area (TPSA) is 283 Å². The maximum atomic E-state index is 12.8. The molecule has 334 valence electrons. The van der Waals surface area contributed by atoms with E-state index in [0.29, 0.717) is 29.8 Å². The summed E-state index contributed by atoms with van der Waals surface area (Å²) in [5, 5.41) is 33.6. The van der Waals surface area contributed by atoms with Gasteiger partial charge in [-0.05, 0) is 60.2 Å². The van der Waals surface area contributed by atoms with Gasteiger partial charge in [0.1, 0.15) is 6.04 Å². The number of carbonyl (C=O) groups is 5. The number of carbonyl (C=O) groups excluding carboxylic acids is 5. The minimum Gasteiger partial charge on any atom is -0.504 e. The zero-order valence-electron chi connectivity index (χ0n) is 35.4. The Morgan fingerprint density at radius 1 is 0.871 bits per heavy atom. The Bertz CT molecular complexity index is 2180. The lowest BCUT2D eigenvalue weighted by Gasteiger charge is -2.21. The van der Waals surface area contributed by atoms with Gasteiger partial charge in [0.2, 0.25) is 23.6 Å². The largest absolute Gasteiger partial charge is 0.504 e. The van der Waals surface area contributed by atoms with Crippen molar-refractivity contribution in [1.29, 1.82) is 0 Å². The van der Waals surface area contributed by atoms with E-state index in [9.17, 15) is 34.2 Å². The zero-order valence-corrected chi connectivity index (χ0v) is 35.4. The quantitative estimate of drug-likeness (QED) is 0.0349. The van der Waals surface area contributed by atoms with Crippen molar-refractivity contribution >= 4 is 52.6 Å². The third kappa shape index (κ3) is 14.9. The third-order valence-electron chi connectivity index (χ3n) is 9.17. The number of amides is 5. The lowest BCUT2D eigenvalue weighted by molar-refractivity contribution is -0.130. The van der Waals surface area contributed by atoms with Crippen molar-refractivity contribution in [2.45, 2.75) is 59.0 Å². The summed E-state index contributed by atoms with van der Waals surface area (Å²) in [5.41, 5.74) is 8.43. The molecule has 0 aliphatic heterocycles. The molecule has 2 aromatic heterocycles. The molecule has 0 bridgehead atoms. The molecule has 0 saturated heterocycles. The highest BCUT2D eigenvalue weighted by Crippen LogP contribution is 2.27. The van der Waals surface area contributed by atoms with Crippen LogP contribution in [0, 0.1) is 5.92 Å². The number of methoxy groups -OCH3 is 1. The van der Waals surface area contributed by atoms with E-state index in [1.54, 1.807) is 50.2 Å². The van der Waals surface area contributed by atoms with Gasteiger partial charge < -0.3 is 56.7 Å². The number of imidazole rings is 1. The molecule has 0 aliphatic rings. The first-order chi connectivity index (χ1) is 29.8. The fourth-order valence-electron chi connectivity index (χ4n) is 5.77. The van der Waals surface area contributed by atoms with Gasteiger partial charge in [0, 0.05) is 37.7 Å². The Balaban J connectivity index is 1.06. The molecular formula is C42H56N10O10. The number of nitrogen functional groups attached to an aromatic ring is 1. The number of rotatable bonds is 25. The van der Waals surface area contributed by atoms with Crippen LogP contribution < -0.4 is 41.8 Å². The number of anilines is 1. The van der Waals surface area contributed by atoms with Crippen LogP contribution in [-0.2, 0) is 30.5 Å². The van der Waals surface area contributed by atoms with Crippen molar-refractivity contribution in [2.75, 3.05) is 58.8 Å². The van der Waals surface area contributed by atoms with E-state index in [1.165, 1.54) is 29.9 Å². The molecule has 4 rings (SSSR count). The number of phenolic OH excluding ortho intramolecular Hbond substituents is 1. The number of phenols is 1. The molecular weight excluding hydrogens is 805 g/mol. The highest BCUT2D eigenvalue weighted by Gasteiger charge is 2.24. The molecule has 0 unspecified atom stereocenters. The van der Waals surface area contributed by atoms with Crippen molar-refractivity contribution in [3.63, 3.8) is 0 Å². The molecule has 0 saturated carbocycles. The normalized spacial score (nSPS) is 11.6. The zero-order chi connectivity index (χ0) is 45.0. The molecule has 0 fully saturated rings. The number of nitrogens with two attached hydrogens (primary N) is 1. The molecule has 5 amide bonds. The number of hydrogen-bond acceptors (Lipinski definition) is 14. The van der Waals surface area contributed by atoms with Crippen molar-refractivity contribution in [1.82, 2.24) is 46.1 Å². The minimum absolute atomic E-state index is 0.0351. The van der Waals surface area contributed by atoms with Crippen LogP contribution in [0.2, 0.25) is 0 Å². The van der Waals surface area contributed by atoms with Crippen LogP contribution in [0.25, 0.3) is 17.2 Å². The molecule has 2 heterocycles. The van der Waals surface area contributed by atoms with Crippen LogP contribution in [0.4, 0.5) is 5.82 Å². The Hall–Kier alpha value is -6.96. The van der Waals surface area contributed by atoms with Crippen molar-refractivity contribution in [3.05, 3.63) is 65.2 Å². The van der Waals surface area contributed by atoms with Crippen molar-refractivity contribution in [2.24, 2.45) is 5.92 Å². The third-order valence-corrected chi connectivity index (χ3v) is 9.17. The number of benzene rings is 2. The summed E-state index contributed by atoms with van der Waals surface area (Å²) in [6, 6.07) is 10.4. The average Bonchev–Trinajstić information content (AvgIpc) is 3.57. The van der Waals surface area contributed by atoms with Gasteiger partial charge in [-0.1, -0.05) is 45.4 Å². The van der Waals surface area contributed by atoms with Crippen LogP contribution in [0.5, 0.6) is 23.5 Å². The predicted molar refractivity (Wildman–Crippen MR) is 229 cm³/mol. The van der Waals surface area contributed by atoms with Gasteiger partial charge >= 0.3 is 6.01 Å². The van der Waals surface area contributed by atoms with Crippen LogP contribution in [-0.4, -0.2) is 118 Å². The van der Waals surface area contributed by atoms with Gasteiger partial charge in [-0.15, -0.1) is 0 Å². The van der Waals surface area contributed by atoms with Gasteiger partial charge in [0.05, 0.1) is 40.0 Å². The van der Waals surface area contributed by atoms with Crippen LogP contribution >= 0.6 is 0 Å². The van der Waals surface area contributed by atoms with E-state index in [0.717, 1.165) is 18.4 Å². The van der Waals surface area contributed by atoms with E-state index in [1.807, 2.05) is 6.92 Å². The second kappa shape index (κ2) is 24.3. The van der Waals surface area contributed by atoms with Crippen LogP contribution in [0.3, 0.4) is 0 Å². The van der Waals surface area contributed by atoms with Gasteiger partial charge in [-0.2, -0.15) is 15.0 Å². The van der Waals surface area contributed by atoms with E-state index in [4.69, 9.17) is 19.9 Å². The number of unbranched alkanes of at least 4 members (excludes halogenated alkanes) is 1. The summed E-state index contributed by atoms with van der Waals surface area (Å²) in [7, 11) is 1.41. The number of nitrogens with one attached hydrogen (secondary N) is 5. The van der Waals surface area contributed by atoms with E-state index in [-0.39, 0.29) is 105 Å². The maximum Gasteiger partial charge on any atom is 0.320 e. The summed E-state index contributed by atoms with van der Waals surface area (Å²) in [4.78, 5) is 75.1. The van der Waals surface area contributed by atoms with E-state index in [2.05, 4.69) is 41.5 Å². The average molecular weight is 861 g/mol. The fraction of sp³-hybridized carbons (Fsp3) is 0.429. The van der Waals surface area contributed by atoms with Gasteiger partial charge in [0.15, 0.2) is 28.5 Å². The van der Waals surface area contributed by atoms with Crippen LogP contribution in [0.15, 0.2) is 48.5 Å². The summed E-state index contributed by atoms with van der Waals surface area (Å²) >= 11 is 0. The summed E-state index contributed by atoms with van der Waals surface area (Å²) in [6.07, 6.45) is 5.02. The van der Waals surface area contributed by atoms with E-state index >= 15 is 0 Å². The number of hydrogen-bond donors (Lipinski definition) is 8. The summed E-state index contributed by atoms with van der Waals surface area (Å²) < 4.78 is 17.7. The first-order valence-corrected chi connectivity index (χ1v) is 20.3. The predicted octanol–water partition coefficient (Wildman–Crippen LogP) is 1.78. The molecule has 20 heteroatoms. The summed E-state index contributed by atoms with van der Waals surface area (Å²) in [5.74, 6) is -1.94. The van der Waals surface area contributed by atoms with Crippen LogP contribution in [0.1, 0.15) is 67.9 Å². The molecule has 2 aromatic carbocycles. The molecule has 9 N–H and O–H groups in total. The Kier molecular flexibility index (Phi) is 18.7.